The van der Waals surface area contributed by atoms with E-state index in [0.717, 1.165) is 29.9 Å². The smallest absolute Gasteiger partial charge is 0.261 e. The van der Waals surface area contributed by atoms with Gasteiger partial charge in [0.05, 0.1) is 44.8 Å². The van der Waals surface area contributed by atoms with Crippen molar-refractivity contribution >= 4 is 56.0 Å². The zero-order chi connectivity index (χ0) is 25.3. The lowest BCUT2D eigenvalue weighted by Gasteiger charge is -2.32. The molecule has 10 nitrogen and oxygen atoms in total. The molecule has 0 radical (unpaired) electrons. The summed E-state index contributed by atoms with van der Waals surface area (Å²) in [5, 5.41) is 11.3. The van der Waals surface area contributed by atoms with E-state index in [1.54, 1.807) is 27.9 Å². The Balaban J connectivity index is 1.40. The van der Waals surface area contributed by atoms with E-state index in [2.05, 4.69) is 15.6 Å². The van der Waals surface area contributed by atoms with Gasteiger partial charge in [-0.05, 0) is 43.2 Å². The van der Waals surface area contributed by atoms with Gasteiger partial charge >= 0.3 is 0 Å². The number of piperidine rings is 1. The van der Waals surface area contributed by atoms with Crippen molar-refractivity contribution in [3.8, 4) is 5.69 Å². The third-order valence-corrected chi connectivity index (χ3v) is 9.13. The van der Waals surface area contributed by atoms with Crippen LogP contribution in [-0.2, 0) is 21.2 Å². The van der Waals surface area contributed by atoms with Gasteiger partial charge in [0.15, 0.2) is 9.84 Å². The van der Waals surface area contributed by atoms with Crippen LogP contribution in [0, 0.1) is 0 Å². The predicted molar refractivity (Wildman–Crippen MR) is 139 cm³/mol. The number of sulfone groups is 1. The molecule has 2 fully saturated rings. The number of nitrogens with one attached hydrogen (secondary N) is 1. The van der Waals surface area contributed by atoms with Crippen LogP contribution in [0.15, 0.2) is 36.5 Å². The molecule has 2 saturated heterocycles. The number of nitrogens with zero attached hydrogens (tertiary/aromatic N) is 5. The average molecular weight is 549 g/mol. The van der Waals surface area contributed by atoms with Crippen LogP contribution in [0.4, 0.5) is 11.4 Å². The first-order valence-corrected chi connectivity index (χ1v) is 14.7. The molecule has 0 saturated carbocycles. The van der Waals surface area contributed by atoms with Crippen LogP contribution in [0.2, 0.25) is 4.34 Å². The molecule has 0 aliphatic carbocycles. The highest BCUT2D eigenvalue weighted by atomic mass is 35.5. The monoisotopic (exact) mass is 548 g/mol. The molecule has 190 valence electrons. The third-order valence-electron chi connectivity index (χ3n) is 6.29. The molecule has 2 aromatic heterocycles. The van der Waals surface area contributed by atoms with E-state index in [-0.39, 0.29) is 29.9 Å². The summed E-state index contributed by atoms with van der Waals surface area (Å²) >= 11 is 7.11. The molecule has 0 spiro atoms. The molecule has 0 unspecified atom stereocenters. The van der Waals surface area contributed by atoms with Gasteiger partial charge in [-0.15, -0.1) is 16.4 Å². The van der Waals surface area contributed by atoms with Gasteiger partial charge in [0.25, 0.3) is 5.91 Å². The van der Waals surface area contributed by atoms with Gasteiger partial charge in [0, 0.05) is 31.7 Å². The number of hydrogen-bond donors (Lipinski definition) is 1. The fourth-order valence-electron chi connectivity index (χ4n) is 4.35. The minimum Gasteiger partial charge on any atom is -0.368 e. The quantitative estimate of drug-likeness (QED) is 0.503. The molecular formula is C23H25ClN6O4S2. The first-order valence-electron chi connectivity index (χ1n) is 11.6. The van der Waals surface area contributed by atoms with E-state index in [9.17, 15) is 18.0 Å². The third kappa shape index (κ3) is 5.40. The number of carbonyl (C=O) groups is 2. The van der Waals surface area contributed by atoms with Crippen LogP contribution in [0.5, 0.6) is 0 Å². The van der Waals surface area contributed by atoms with Gasteiger partial charge in [0.2, 0.25) is 5.91 Å². The molecule has 13 heteroatoms. The second-order valence-corrected chi connectivity index (χ2v) is 12.8. The summed E-state index contributed by atoms with van der Waals surface area (Å²) in [6, 6.07) is 9.03. The molecular weight excluding hydrogens is 524 g/mol. The first kappa shape index (κ1) is 24.7. The van der Waals surface area contributed by atoms with Crippen LogP contribution in [0.3, 0.4) is 0 Å². The van der Waals surface area contributed by atoms with Crippen LogP contribution >= 0.6 is 22.9 Å². The van der Waals surface area contributed by atoms with Crippen LogP contribution in [-0.4, -0.2) is 66.4 Å². The van der Waals surface area contributed by atoms with E-state index in [1.165, 1.54) is 11.3 Å². The largest absolute Gasteiger partial charge is 0.368 e. The molecule has 2 amide bonds. The Morgan fingerprint density at radius 3 is 2.61 bits per heavy atom. The lowest BCUT2D eigenvalue weighted by Crippen LogP contribution is -2.41. The Labute approximate surface area is 217 Å². The fraction of sp³-hybridized carbons (Fsp3) is 0.391. The summed E-state index contributed by atoms with van der Waals surface area (Å²) in [6.07, 6.45) is 4.09. The van der Waals surface area contributed by atoms with E-state index < -0.39 is 9.84 Å². The fourth-order valence-corrected chi connectivity index (χ4v) is 6.51. The SMILES string of the molecule is O=C(NCc1cn(-c2ccc(N3CCCCC3=O)cc2N2CCS(=O)(=O)CC2)nn1)c1ccc(Cl)s1. The number of carbonyl (C=O) groups excluding carboxylic acids is 2. The van der Waals surface area contributed by atoms with E-state index in [0.29, 0.717) is 41.0 Å². The molecule has 1 N–H and O–H groups in total. The number of amides is 2. The summed E-state index contributed by atoms with van der Waals surface area (Å²) in [5.74, 6) is -0.0133. The van der Waals surface area contributed by atoms with Gasteiger partial charge in [-0.2, -0.15) is 0 Å². The van der Waals surface area contributed by atoms with Crippen LogP contribution in [0.1, 0.15) is 34.6 Å². The minimum atomic E-state index is -3.06. The number of halogens is 1. The molecule has 4 heterocycles. The highest BCUT2D eigenvalue weighted by Crippen LogP contribution is 2.32. The van der Waals surface area contributed by atoms with Crippen molar-refractivity contribution in [2.75, 3.05) is 40.9 Å². The van der Waals surface area contributed by atoms with Crippen LogP contribution < -0.4 is 15.1 Å². The molecule has 5 rings (SSSR count). The Kier molecular flexibility index (Phi) is 7.00. The topological polar surface area (TPSA) is 118 Å². The Morgan fingerprint density at radius 2 is 1.89 bits per heavy atom. The van der Waals surface area contributed by atoms with Crippen molar-refractivity contribution in [1.82, 2.24) is 20.3 Å². The molecule has 2 aliphatic rings. The summed E-state index contributed by atoms with van der Waals surface area (Å²) in [4.78, 5) is 29.2. The second-order valence-electron chi connectivity index (χ2n) is 8.76. The first-order chi connectivity index (χ1) is 17.3. The predicted octanol–water partition coefficient (Wildman–Crippen LogP) is 2.66. The van der Waals surface area contributed by atoms with Crippen molar-refractivity contribution in [1.29, 1.82) is 0 Å². The lowest BCUT2D eigenvalue weighted by atomic mass is 10.1. The summed E-state index contributed by atoms with van der Waals surface area (Å²) < 4.78 is 26.2. The molecule has 1 aromatic carbocycles. The van der Waals surface area contributed by atoms with Crippen molar-refractivity contribution in [3.05, 3.63) is 51.4 Å². The van der Waals surface area contributed by atoms with Gasteiger partial charge in [-0.1, -0.05) is 16.8 Å². The highest BCUT2D eigenvalue weighted by Gasteiger charge is 2.26. The highest BCUT2D eigenvalue weighted by molar-refractivity contribution is 7.91. The van der Waals surface area contributed by atoms with Gasteiger partial charge < -0.3 is 15.1 Å². The molecule has 0 bridgehead atoms. The van der Waals surface area contributed by atoms with Gasteiger partial charge in [-0.3, -0.25) is 9.59 Å². The Morgan fingerprint density at radius 1 is 1.08 bits per heavy atom. The molecule has 3 aromatic rings. The second kappa shape index (κ2) is 10.2. The van der Waals surface area contributed by atoms with E-state index in [1.807, 2.05) is 23.1 Å². The zero-order valence-corrected chi connectivity index (χ0v) is 21.8. The Hall–Kier alpha value is -2.96. The standard InChI is InChI=1S/C23H25ClN6O4S2/c24-21-7-6-20(35-21)23(32)25-14-16-15-30(27-26-16)18-5-4-17(29-8-2-1-3-22(29)31)13-19(18)28-9-11-36(33,34)12-10-28/h4-7,13,15H,1-3,8-12,14H2,(H,25,32). The molecule has 36 heavy (non-hydrogen) atoms. The van der Waals surface area contributed by atoms with E-state index >= 15 is 0 Å². The summed E-state index contributed by atoms with van der Waals surface area (Å²) in [6.45, 7) is 1.56. The zero-order valence-electron chi connectivity index (χ0n) is 19.4. The number of aromatic nitrogens is 3. The molecule has 2 aliphatic heterocycles. The average Bonchev–Trinajstić information content (AvgIpc) is 3.52. The number of benzene rings is 1. The number of rotatable bonds is 6. The van der Waals surface area contributed by atoms with Crippen molar-refractivity contribution in [2.45, 2.75) is 25.8 Å². The number of anilines is 2. The maximum Gasteiger partial charge on any atom is 0.261 e. The molecule has 0 atom stereocenters. The number of thiophene rings is 1. The van der Waals surface area contributed by atoms with Gasteiger partial charge in [0.1, 0.15) is 5.69 Å². The van der Waals surface area contributed by atoms with Crippen molar-refractivity contribution in [3.63, 3.8) is 0 Å². The number of hydrogen-bond acceptors (Lipinski definition) is 8. The van der Waals surface area contributed by atoms with E-state index in [4.69, 9.17) is 11.6 Å². The Bertz CT molecular complexity index is 1390. The maximum atomic E-state index is 12.5. The minimum absolute atomic E-state index is 0.0701. The van der Waals surface area contributed by atoms with Gasteiger partial charge in [-0.25, -0.2) is 13.1 Å². The summed E-state index contributed by atoms with van der Waals surface area (Å²) in [7, 11) is -3.06. The summed E-state index contributed by atoms with van der Waals surface area (Å²) in [5.41, 5.74) is 2.86. The maximum absolute atomic E-state index is 12.5. The van der Waals surface area contributed by atoms with Crippen LogP contribution in [0.25, 0.3) is 5.69 Å². The van der Waals surface area contributed by atoms with Crippen molar-refractivity contribution < 1.29 is 18.0 Å². The lowest BCUT2D eigenvalue weighted by molar-refractivity contribution is -0.119. The van der Waals surface area contributed by atoms with Crippen molar-refractivity contribution in [2.24, 2.45) is 0 Å². The normalized spacial score (nSPS) is 17.9.